The van der Waals surface area contributed by atoms with Gasteiger partial charge >= 0.3 is 0 Å². The third-order valence-electron chi connectivity index (χ3n) is 7.67. The zero-order valence-corrected chi connectivity index (χ0v) is 23.3. The summed E-state index contributed by atoms with van der Waals surface area (Å²) in [4.78, 5) is 35.0. The molecule has 0 aliphatic heterocycles. The lowest BCUT2D eigenvalue weighted by molar-refractivity contribution is -0.120. The molecule has 3 aromatic rings. The topological polar surface area (TPSA) is 72.9 Å². The maximum atomic E-state index is 12.7. The summed E-state index contributed by atoms with van der Waals surface area (Å²) in [5, 5.41) is 9.05. The largest absolute Gasteiger partial charge is 0.273 e. The van der Waals surface area contributed by atoms with Crippen molar-refractivity contribution in [3.63, 3.8) is 0 Å². The molecular weight excluding hydrogens is 492 g/mol. The van der Waals surface area contributed by atoms with E-state index in [0.29, 0.717) is 22.3 Å². The number of rotatable bonds is 6. The Bertz CT molecular complexity index is 1100. The zero-order valence-electron chi connectivity index (χ0n) is 21.7. The molecule has 0 unspecified atom stereocenters. The van der Waals surface area contributed by atoms with Gasteiger partial charge in [-0.15, -0.1) is 0 Å². The number of thiazole rings is 2. The van der Waals surface area contributed by atoms with E-state index in [2.05, 4.69) is 16.1 Å². The van der Waals surface area contributed by atoms with Crippen LogP contribution in [0.3, 0.4) is 0 Å². The Balaban J connectivity index is 1.45. The number of fused-ring (bicyclic) bond motifs is 2. The molecule has 2 fully saturated rings. The summed E-state index contributed by atoms with van der Waals surface area (Å²) in [6, 6.07) is 4.81. The van der Waals surface area contributed by atoms with Gasteiger partial charge in [0.15, 0.2) is 0 Å². The van der Waals surface area contributed by atoms with Crippen molar-refractivity contribution in [2.45, 2.75) is 90.1 Å². The number of hydrogen-bond acceptors (Lipinski definition) is 8. The molecule has 0 N–H and O–H groups in total. The normalized spacial score (nSPS) is 17.9. The molecule has 194 valence electrons. The second-order valence-electron chi connectivity index (χ2n) is 10.2. The van der Waals surface area contributed by atoms with Gasteiger partial charge in [0.05, 0.1) is 20.4 Å². The minimum absolute atomic E-state index is 0.0211. The number of anilines is 2. The third kappa shape index (κ3) is 5.01. The van der Waals surface area contributed by atoms with E-state index in [0.717, 1.165) is 46.1 Å². The molecule has 10 heteroatoms. The summed E-state index contributed by atoms with van der Waals surface area (Å²) in [6.45, 7) is 3.22. The van der Waals surface area contributed by atoms with E-state index in [-0.39, 0.29) is 11.8 Å². The predicted octanol–water partition coefficient (Wildman–Crippen LogP) is 5.97. The second-order valence-corrected chi connectivity index (χ2v) is 12.2. The second kappa shape index (κ2) is 10.7. The van der Waals surface area contributed by atoms with E-state index < -0.39 is 0 Å². The first-order valence-electron chi connectivity index (χ1n) is 13.1. The summed E-state index contributed by atoms with van der Waals surface area (Å²) in [5.74, 6) is -0.0422. The Labute approximate surface area is 220 Å². The summed E-state index contributed by atoms with van der Waals surface area (Å²) in [5.41, 5.74) is 1.66. The fourth-order valence-corrected chi connectivity index (χ4v) is 7.94. The first kappa shape index (κ1) is 25.5. The number of hydrogen-bond donors (Lipinski definition) is 0. The Morgan fingerprint density at radius 1 is 0.694 bits per heavy atom. The van der Waals surface area contributed by atoms with Crippen LogP contribution in [0.4, 0.5) is 10.3 Å². The van der Waals surface area contributed by atoms with Crippen LogP contribution in [0.1, 0.15) is 78.1 Å². The van der Waals surface area contributed by atoms with Crippen molar-refractivity contribution in [3.8, 4) is 0 Å². The Morgan fingerprint density at radius 3 is 1.44 bits per heavy atom. The quantitative estimate of drug-likeness (QED) is 0.367. The van der Waals surface area contributed by atoms with Crippen molar-refractivity contribution in [3.05, 3.63) is 12.1 Å². The predicted molar refractivity (Wildman–Crippen MR) is 148 cm³/mol. The first-order valence-corrected chi connectivity index (χ1v) is 14.7. The molecule has 2 heterocycles. The molecule has 0 spiro atoms. The molecular formula is C26H36N6O2S2. The summed E-state index contributed by atoms with van der Waals surface area (Å²) >= 11 is 3.07. The van der Waals surface area contributed by atoms with Crippen LogP contribution in [0.2, 0.25) is 0 Å². The van der Waals surface area contributed by atoms with Crippen LogP contribution in [0.15, 0.2) is 12.1 Å². The highest BCUT2D eigenvalue weighted by molar-refractivity contribution is 7.24. The van der Waals surface area contributed by atoms with Gasteiger partial charge in [-0.05, 0) is 37.8 Å². The SMILES string of the molecule is CC(=O)N(c1nc2cc3nc(N(C(C)=O)N(C)C4CCCCC4)sc3cc2s1)N(C)C1CCCCC1. The highest BCUT2D eigenvalue weighted by atomic mass is 32.1. The van der Waals surface area contributed by atoms with Crippen LogP contribution in [-0.4, -0.2) is 58.0 Å². The van der Waals surface area contributed by atoms with Gasteiger partial charge in [-0.1, -0.05) is 61.2 Å². The molecule has 5 rings (SSSR count). The van der Waals surface area contributed by atoms with E-state index in [4.69, 9.17) is 9.97 Å². The Hall–Kier alpha value is -2.14. The van der Waals surface area contributed by atoms with Gasteiger partial charge in [0, 0.05) is 40.0 Å². The number of amides is 2. The zero-order chi connectivity index (χ0) is 25.4. The maximum Gasteiger partial charge on any atom is 0.240 e. The molecule has 2 aromatic heterocycles. The fraction of sp³-hybridized carbons (Fsp3) is 0.615. The third-order valence-corrected chi connectivity index (χ3v) is 9.66. The number of hydrazine groups is 2. The molecule has 2 saturated carbocycles. The summed E-state index contributed by atoms with van der Waals surface area (Å²) in [6.07, 6.45) is 11.8. The van der Waals surface area contributed by atoms with Crippen molar-refractivity contribution in [1.82, 2.24) is 20.0 Å². The lowest BCUT2D eigenvalue weighted by Gasteiger charge is -2.37. The highest BCUT2D eigenvalue weighted by Crippen LogP contribution is 2.38. The highest BCUT2D eigenvalue weighted by Gasteiger charge is 2.30. The Morgan fingerprint density at radius 2 is 1.08 bits per heavy atom. The number of carbonyl (C=O) groups excluding carboxylic acids is 2. The van der Waals surface area contributed by atoms with E-state index in [1.54, 1.807) is 23.9 Å². The standard InChI is InChI=1S/C26H36N6O2S2/c1-17(33)31(29(3)19-11-7-5-8-12-19)25-27-21-15-22-24(16-23(21)35-25)36-26(28-22)32(18(2)34)30(4)20-13-9-6-10-14-20/h15-16,19-20H,5-14H2,1-4H3. The van der Waals surface area contributed by atoms with E-state index in [1.807, 2.05) is 20.2 Å². The molecule has 0 saturated heterocycles. The monoisotopic (exact) mass is 528 g/mol. The van der Waals surface area contributed by atoms with Gasteiger partial charge in [-0.3, -0.25) is 9.59 Å². The molecule has 0 atom stereocenters. The van der Waals surface area contributed by atoms with Crippen LogP contribution < -0.4 is 10.0 Å². The summed E-state index contributed by atoms with van der Waals surface area (Å²) in [7, 11) is 4.02. The molecule has 2 aliphatic rings. The molecule has 0 radical (unpaired) electrons. The van der Waals surface area contributed by atoms with E-state index >= 15 is 0 Å². The van der Waals surface area contributed by atoms with Crippen LogP contribution in [-0.2, 0) is 9.59 Å². The lowest BCUT2D eigenvalue weighted by atomic mass is 9.95. The van der Waals surface area contributed by atoms with Crippen molar-refractivity contribution in [2.75, 3.05) is 24.1 Å². The molecule has 8 nitrogen and oxygen atoms in total. The van der Waals surface area contributed by atoms with E-state index in [1.165, 1.54) is 61.2 Å². The number of aromatic nitrogens is 2. The number of benzene rings is 1. The van der Waals surface area contributed by atoms with Crippen molar-refractivity contribution >= 4 is 65.2 Å². The summed E-state index contributed by atoms with van der Waals surface area (Å²) < 4.78 is 2.04. The molecule has 1 aromatic carbocycles. The smallest absolute Gasteiger partial charge is 0.240 e. The van der Waals surface area contributed by atoms with Crippen molar-refractivity contribution in [2.24, 2.45) is 0 Å². The van der Waals surface area contributed by atoms with Gasteiger partial charge in [-0.25, -0.2) is 30.0 Å². The van der Waals surface area contributed by atoms with Crippen molar-refractivity contribution < 1.29 is 9.59 Å². The molecule has 2 aliphatic carbocycles. The van der Waals surface area contributed by atoms with Crippen LogP contribution in [0, 0.1) is 0 Å². The van der Waals surface area contributed by atoms with Gasteiger partial charge in [0.2, 0.25) is 22.1 Å². The van der Waals surface area contributed by atoms with Crippen LogP contribution in [0.25, 0.3) is 20.4 Å². The van der Waals surface area contributed by atoms with Crippen molar-refractivity contribution in [1.29, 1.82) is 0 Å². The number of carbonyl (C=O) groups is 2. The van der Waals surface area contributed by atoms with Gasteiger partial charge < -0.3 is 0 Å². The Kier molecular flexibility index (Phi) is 7.57. The fourth-order valence-electron chi connectivity index (χ4n) is 5.73. The lowest BCUT2D eigenvalue weighted by Crippen LogP contribution is -2.49. The van der Waals surface area contributed by atoms with Gasteiger partial charge in [0.1, 0.15) is 0 Å². The average Bonchev–Trinajstić information content (AvgIpc) is 3.45. The first-order chi connectivity index (χ1) is 17.3. The van der Waals surface area contributed by atoms with Gasteiger partial charge in [-0.2, -0.15) is 0 Å². The maximum absolute atomic E-state index is 12.7. The van der Waals surface area contributed by atoms with E-state index in [9.17, 15) is 9.59 Å². The minimum Gasteiger partial charge on any atom is -0.273 e. The van der Waals surface area contributed by atoms with Crippen LogP contribution >= 0.6 is 22.7 Å². The molecule has 36 heavy (non-hydrogen) atoms. The number of nitrogens with zero attached hydrogens (tertiary/aromatic N) is 6. The molecule has 2 amide bonds. The van der Waals surface area contributed by atoms with Gasteiger partial charge in [0.25, 0.3) is 0 Å². The van der Waals surface area contributed by atoms with Crippen LogP contribution in [0.5, 0.6) is 0 Å². The minimum atomic E-state index is -0.0211. The average molecular weight is 529 g/mol. The molecule has 0 bridgehead atoms.